The van der Waals surface area contributed by atoms with Crippen LogP contribution in [-0.4, -0.2) is 43.4 Å². The second-order valence-electron chi connectivity index (χ2n) is 5.97. The van der Waals surface area contributed by atoms with E-state index >= 15 is 0 Å². The summed E-state index contributed by atoms with van der Waals surface area (Å²) in [5.74, 6) is -0.171. The fourth-order valence-electron chi connectivity index (χ4n) is 2.43. The molecule has 0 saturated carbocycles. The number of aryl methyl sites for hydroxylation is 1. The number of likely N-dealkylation sites (N-methyl/N-ethyl adjacent to an activating group) is 1. The zero-order valence-corrected chi connectivity index (χ0v) is 16.1. The van der Waals surface area contributed by atoms with Crippen molar-refractivity contribution in [3.8, 4) is 0 Å². The molecule has 0 fully saturated rings. The van der Waals surface area contributed by atoms with Crippen LogP contribution in [0.2, 0.25) is 0 Å². The molecule has 5 nitrogen and oxygen atoms in total. The van der Waals surface area contributed by atoms with E-state index in [9.17, 15) is 9.59 Å². The van der Waals surface area contributed by atoms with Crippen LogP contribution in [0, 0.1) is 5.92 Å². The van der Waals surface area contributed by atoms with Crippen LogP contribution in [0.15, 0.2) is 24.3 Å². The van der Waals surface area contributed by atoms with Gasteiger partial charge in [-0.3, -0.25) is 14.5 Å². The first-order chi connectivity index (χ1) is 11.3. The van der Waals surface area contributed by atoms with E-state index in [0.717, 1.165) is 12.1 Å². The van der Waals surface area contributed by atoms with Crippen molar-refractivity contribution < 1.29 is 9.59 Å². The molecule has 1 rings (SSSR count). The average molecular weight is 335 g/mol. The van der Waals surface area contributed by atoms with Gasteiger partial charge in [0, 0.05) is 5.69 Å². The highest BCUT2D eigenvalue weighted by Crippen LogP contribution is 2.10. The summed E-state index contributed by atoms with van der Waals surface area (Å²) in [6, 6.07) is 7.46. The summed E-state index contributed by atoms with van der Waals surface area (Å²) in [6.07, 6.45) is 0.964. The Labute approximate surface area is 146 Å². The minimum Gasteiger partial charge on any atom is -0.346 e. The minimum atomic E-state index is -0.239. The minimum absolute atomic E-state index is 0.0224. The maximum atomic E-state index is 12.1. The van der Waals surface area contributed by atoms with Crippen molar-refractivity contribution in [2.75, 3.05) is 26.0 Å². The predicted molar refractivity (Wildman–Crippen MR) is 101 cm³/mol. The smallest absolute Gasteiger partial charge is 0.243 e. The van der Waals surface area contributed by atoms with Gasteiger partial charge in [-0.15, -0.1) is 0 Å². The zero-order valence-electron chi connectivity index (χ0n) is 16.1. The van der Waals surface area contributed by atoms with Gasteiger partial charge in [0.25, 0.3) is 0 Å². The van der Waals surface area contributed by atoms with Crippen molar-refractivity contribution in [1.82, 2.24) is 10.2 Å². The molecule has 136 valence electrons. The third-order valence-corrected chi connectivity index (χ3v) is 3.53. The normalized spacial score (nSPS) is 11.5. The number of carbonyl (C=O) groups excluding carboxylic acids is 2. The Hall–Kier alpha value is -1.88. The lowest BCUT2D eigenvalue weighted by Gasteiger charge is -2.26. The van der Waals surface area contributed by atoms with Gasteiger partial charge in [0.15, 0.2) is 0 Å². The van der Waals surface area contributed by atoms with Crippen LogP contribution in [0.4, 0.5) is 5.69 Å². The second-order valence-corrected chi connectivity index (χ2v) is 5.97. The molecule has 1 unspecified atom stereocenters. The van der Waals surface area contributed by atoms with E-state index in [2.05, 4.69) is 17.6 Å². The second kappa shape index (κ2) is 11.6. The molecule has 0 spiro atoms. The Kier molecular flexibility index (Phi) is 10.7. The standard InChI is InChI=1S/C17H27N3O2.C2H6/c1-6-13-7-9-14(10-8-13)19-15(21)11-18-17(22)16(12(2)3)20(4)5;1-2/h7-10,12,16H,6,11H2,1-5H3,(H,18,22)(H,19,21);1-2H3. The van der Waals surface area contributed by atoms with Crippen molar-refractivity contribution in [1.29, 1.82) is 0 Å². The molecular formula is C19H33N3O2. The van der Waals surface area contributed by atoms with Gasteiger partial charge in [0.05, 0.1) is 12.6 Å². The van der Waals surface area contributed by atoms with Gasteiger partial charge in [-0.25, -0.2) is 0 Å². The molecule has 24 heavy (non-hydrogen) atoms. The van der Waals surface area contributed by atoms with E-state index in [-0.39, 0.29) is 30.3 Å². The van der Waals surface area contributed by atoms with Crippen molar-refractivity contribution in [3.05, 3.63) is 29.8 Å². The molecule has 1 atom stereocenters. The third kappa shape index (κ3) is 7.59. The molecule has 5 heteroatoms. The van der Waals surface area contributed by atoms with E-state index in [1.165, 1.54) is 5.56 Å². The Bertz CT molecular complexity index is 488. The molecule has 0 aliphatic rings. The lowest BCUT2D eigenvalue weighted by molar-refractivity contribution is -0.128. The first kappa shape index (κ1) is 22.1. The fourth-order valence-corrected chi connectivity index (χ4v) is 2.43. The van der Waals surface area contributed by atoms with E-state index in [1.54, 1.807) is 0 Å². The summed E-state index contributed by atoms with van der Waals surface area (Å²) in [5, 5.41) is 5.47. The molecule has 0 radical (unpaired) electrons. The number of hydrogen-bond donors (Lipinski definition) is 2. The molecule has 0 saturated heterocycles. The summed E-state index contributed by atoms with van der Waals surface area (Å²) in [4.78, 5) is 25.9. The monoisotopic (exact) mass is 335 g/mol. The highest BCUT2D eigenvalue weighted by molar-refractivity contribution is 5.95. The average Bonchev–Trinajstić information content (AvgIpc) is 2.55. The largest absolute Gasteiger partial charge is 0.346 e. The first-order valence-corrected chi connectivity index (χ1v) is 8.68. The number of carbonyl (C=O) groups is 2. The van der Waals surface area contributed by atoms with Crippen molar-refractivity contribution in [2.45, 2.75) is 47.1 Å². The lowest BCUT2D eigenvalue weighted by Crippen LogP contribution is -2.48. The number of rotatable bonds is 7. The Balaban J connectivity index is 0.00000254. The molecule has 2 N–H and O–H groups in total. The first-order valence-electron chi connectivity index (χ1n) is 8.68. The van der Waals surface area contributed by atoms with Crippen LogP contribution in [0.1, 0.15) is 40.2 Å². The van der Waals surface area contributed by atoms with Gasteiger partial charge < -0.3 is 10.6 Å². The molecule has 2 amide bonds. The van der Waals surface area contributed by atoms with Gasteiger partial charge in [-0.2, -0.15) is 0 Å². The van der Waals surface area contributed by atoms with E-state index in [4.69, 9.17) is 0 Å². The van der Waals surface area contributed by atoms with Gasteiger partial charge in [-0.05, 0) is 44.1 Å². The van der Waals surface area contributed by atoms with Crippen molar-refractivity contribution in [3.63, 3.8) is 0 Å². The summed E-state index contributed by atoms with van der Waals surface area (Å²) in [6.45, 7) is 10.0. The molecule has 0 bridgehead atoms. The Morgan fingerprint density at radius 2 is 1.62 bits per heavy atom. The molecule has 0 aliphatic heterocycles. The van der Waals surface area contributed by atoms with Crippen LogP contribution in [0.3, 0.4) is 0 Å². The highest BCUT2D eigenvalue weighted by Gasteiger charge is 2.24. The Morgan fingerprint density at radius 1 is 1.08 bits per heavy atom. The molecule has 0 aromatic heterocycles. The molecular weight excluding hydrogens is 302 g/mol. The maximum absolute atomic E-state index is 12.1. The number of anilines is 1. The van der Waals surface area contributed by atoms with E-state index < -0.39 is 0 Å². The number of benzene rings is 1. The quantitative estimate of drug-likeness (QED) is 0.805. The summed E-state index contributed by atoms with van der Waals surface area (Å²) < 4.78 is 0. The van der Waals surface area contributed by atoms with Gasteiger partial charge in [-0.1, -0.05) is 46.8 Å². The highest BCUT2D eigenvalue weighted by atomic mass is 16.2. The molecule has 0 heterocycles. The topological polar surface area (TPSA) is 61.4 Å². The predicted octanol–water partition coefficient (Wildman–Crippen LogP) is 2.92. The van der Waals surface area contributed by atoms with Crippen molar-refractivity contribution >= 4 is 17.5 Å². The van der Waals surface area contributed by atoms with Crippen LogP contribution < -0.4 is 10.6 Å². The van der Waals surface area contributed by atoms with Gasteiger partial charge in [0.2, 0.25) is 11.8 Å². The Morgan fingerprint density at radius 3 is 2.04 bits per heavy atom. The van der Waals surface area contributed by atoms with E-state index in [1.807, 2.05) is 71.0 Å². The van der Waals surface area contributed by atoms with Gasteiger partial charge >= 0.3 is 0 Å². The van der Waals surface area contributed by atoms with Crippen molar-refractivity contribution in [2.24, 2.45) is 5.92 Å². The number of amides is 2. The third-order valence-electron chi connectivity index (χ3n) is 3.53. The number of nitrogens with one attached hydrogen (secondary N) is 2. The van der Waals surface area contributed by atoms with E-state index in [0.29, 0.717) is 0 Å². The van der Waals surface area contributed by atoms with Crippen LogP contribution >= 0.6 is 0 Å². The lowest BCUT2D eigenvalue weighted by atomic mass is 10.0. The van der Waals surface area contributed by atoms with Crippen LogP contribution in [0.5, 0.6) is 0 Å². The van der Waals surface area contributed by atoms with Crippen LogP contribution in [0.25, 0.3) is 0 Å². The number of nitrogens with zero attached hydrogens (tertiary/aromatic N) is 1. The SMILES string of the molecule is CC.CCc1ccc(NC(=O)CNC(=O)C(C(C)C)N(C)C)cc1. The molecule has 1 aromatic rings. The summed E-state index contributed by atoms with van der Waals surface area (Å²) in [7, 11) is 3.72. The molecule has 1 aromatic carbocycles. The summed E-state index contributed by atoms with van der Waals surface area (Å²) in [5.41, 5.74) is 1.96. The zero-order chi connectivity index (χ0) is 18.7. The fraction of sp³-hybridized carbons (Fsp3) is 0.579. The van der Waals surface area contributed by atoms with Gasteiger partial charge in [0.1, 0.15) is 0 Å². The number of hydrogen-bond acceptors (Lipinski definition) is 3. The maximum Gasteiger partial charge on any atom is 0.243 e. The summed E-state index contributed by atoms with van der Waals surface area (Å²) >= 11 is 0. The van der Waals surface area contributed by atoms with Crippen LogP contribution in [-0.2, 0) is 16.0 Å². The molecule has 0 aliphatic carbocycles.